The van der Waals surface area contributed by atoms with Crippen LogP contribution in [-0.2, 0) is 11.2 Å². The molecule has 3 nitrogen and oxygen atoms in total. The van der Waals surface area contributed by atoms with E-state index >= 15 is 0 Å². The van der Waals surface area contributed by atoms with Crippen molar-refractivity contribution in [3.05, 3.63) is 101 Å². The third-order valence-corrected chi connectivity index (χ3v) is 5.35. The van der Waals surface area contributed by atoms with E-state index in [9.17, 15) is 9.18 Å². The van der Waals surface area contributed by atoms with Crippen molar-refractivity contribution in [1.82, 2.24) is 4.90 Å². The normalized spacial score (nSPS) is 11.5. The highest BCUT2D eigenvalue weighted by Gasteiger charge is 2.21. The van der Waals surface area contributed by atoms with Crippen LogP contribution >= 0.6 is 0 Å². The predicted octanol–water partition coefficient (Wildman–Crippen LogP) is 7.24. The van der Waals surface area contributed by atoms with Crippen molar-refractivity contribution >= 4 is 11.6 Å². The molecule has 0 bridgehead atoms. The number of benzene rings is 3. The fraction of sp³-hybridized carbons (Fsp3) is 0.345. The van der Waals surface area contributed by atoms with Gasteiger partial charge in [0.2, 0.25) is 5.91 Å². The summed E-state index contributed by atoms with van der Waals surface area (Å²) < 4.78 is 13.8. The van der Waals surface area contributed by atoms with Gasteiger partial charge in [-0.3, -0.25) is 9.69 Å². The lowest BCUT2D eigenvalue weighted by molar-refractivity contribution is -0.114. The van der Waals surface area contributed by atoms with Crippen LogP contribution in [0.1, 0.15) is 63.3 Å². The van der Waals surface area contributed by atoms with Crippen LogP contribution in [0, 0.1) is 5.82 Å². The fourth-order valence-corrected chi connectivity index (χ4v) is 3.90. The first-order chi connectivity index (χ1) is 16.0. The van der Waals surface area contributed by atoms with Gasteiger partial charge in [0.15, 0.2) is 0 Å². The molecule has 3 aromatic carbocycles. The average Bonchev–Trinajstić information content (AvgIpc) is 2.81. The Balaban J connectivity index is 0.000000405. The number of hydrogen-bond acceptors (Lipinski definition) is 2. The standard InChI is InChI=1S/C21H27FN2O.C8H10/c1-4-13-24(14-5-2)21(18-7-6-8-19(22)15-18)17-9-11-20(12-10-17)23-16(3)25;1-2-8-6-4-3-5-7-8/h6-12,15,21H,4-5,13-14H2,1-3H3,(H,23,25);3-7H,2H2,1H3. The monoisotopic (exact) mass is 448 g/mol. The van der Waals surface area contributed by atoms with E-state index in [4.69, 9.17) is 0 Å². The zero-order chi connectivity index (χ0) is 24.1. The van der Waals surface area contributed by atoms with Crippen LogP contribution in [0.5, 0.6) is 0 Å². The summed E-state index contributed by atoms with van der Waals surface area (Å²) >= 11 is 0. The first-order valence-corrected chi connectivity index (χ1v) is 11.9. The van der Waals surface area contributed by atoms with E-state index in [-0.39, 0.29) is 17.8 Å². The second kappa shape index (κ2) is 14.2. The predicted molar refractivity (Wildman–Crippen MR) is 137 cm³/mol. The van der Waals surface area contributed by atoms with Crippen molar-refractivity contribution in [2.75, 3.05) is 18.4 Å². The number of amides is 1. The van der Waals surface area contributed by atoms with Crippen LogP contribution in [0.3, 0.4) is 0 Å². The van der Waals surface area contributed by atoms with Crippen molar-refractivity contribution in [3.8, 4) is 0 Å². The Labute approximate surface area is 198 Å². The molecule has 0 aliphatic heterocycles. The lowest BCUT2D eigenvalue weighted by atomic mass is 9.96. The van der Waals surface area contributed by atoms with Crippen molar-refractivity contribution in [2.24, 2.45) is 0 Å². The average molecular weight is 449 g/mol. The van der Waals surface area contributed by atoms with E-state index < -0.39 is 0 Å². The van der Waals surface area contributed by atoms with Crippen LogP contribution in [0.25, 0.3) is 0 Å². The van der Waals surface area contributed by atoms with Gasteiger partial charge in [-0.2, -0.15) is 0 Å². The van der Waals surface area contributed by atoms with E-state index in [1.54, 1.807) is 12.1 Å². The quantitative estimate of drug-likeness (QED) is 0.374. The number of rotatable bonds is 9. The summed E-state index contributed by atoms with van der Waals surface area (Å²) in [7, 11) is 0. The number of nitrogens with zero attached hydrogens (tertiary/aromatic N) is 1. The Morgan fingerprint density at radius 3 is 1.97 bits per heavy atom. The van der Waals surface area contributed by atoms with Crippen LogP contribution in [0.4, 0.5) is 10.1 Å². The smallest absolute Gasteiger partial charge is 0.221 e. The second-order valence-corrected chi connectivity index (χ2v) is 8.14. The summed E-state index contributed by atoms with van der Waals surface area (Å²) in [6.07, 6.45) is 3.21. The second-order valence-electron chi connectivity index (χ2n) is 8.14. The minimum Gasteiger partial charge on any atom is -0.326 e. The molecule has 3 rings (SSSR count). The molecule has 1 N–H and O–H groups in total. The van der Waals surface area contributed by atoms with Crippen molar-refractivity contribution in [2.45, 2.75) is 53.0 Å². The molecule has 3 aromatic rings. The Morgan fingerprint density at radius 1 is 0.848 bits per heavy atom. The van der Waals surface area contributed by atoms with E-state index in [1.165, 1.54) is 18.6 Å². The molecule has 0 aromatic heterocycles. The number of carbonyl (C=O) groups excluding carboxylic acids is 1. The number of carbonyl (C=O) groups is 1. The lowest BCUT2D eigenvalue weighted by Crippen LogP contribution is -2.31. The summed E-state index contributed by atoms with van der Waals surface area (Å²) in [5.74, 6) is -0.307. The SMILES string of the molecule is CCCN(CCC)C(c1ccc(NC(C)=O)cc1)c1cccc(F)c1.CCc1ccccc1. The topological polar surface area (TPSA) is 32.3 Å². The van der Waals surface area contributed by atoms with Crippen molar-refractivity contribution in [3.63, 3.8) is 0 Å². The molecule has 176 valence electrons. The van der Waals surface area contributed by atoms with Crippen LogP contribution in [-0.4, -0.2) is 23.9 Å². The first kappa shape index (κ1) is 26.3. The lowest BCUT2D eigenvalue weighted by Gasteiger charge is -2.32. The highest BCUT2D eigenvalue weighted by molar-refractivity contribution is 5.88. The van der Waals surface area contributed by atoms with Gasteiger partial charge < -0.3 is 5.32 Å². The third-order valence-electron chi connectivity index (χ3n) is 5.35. The van der Waals surface area contributed by atoms with Crippen LogP contribution in [0.2, 0.25) is 0 Å². The molecule has 1 atom stereocenters. The Kier molecular flexibility index (Phi) is 11.3. The largest absolute Gasteiger partial charge is 0.326 e. The molecule has 0 spiro atoms. The van der Waals surface area contributed by atoms with Gasteiger partial charge in [-0.25, -0.2) is 4.39 Å². The van der Waals surface area contributed by atoms with Gasteiger partial charge in [-0.1, -0.05) is 75.4 Å². The summed E-state index contributed by atoms with van der Waals surface area (Å²) in [6, 6.07) is 25.1. The maximum atomic E-state index is 13.8. The van der Waals surface area contributed by atoms with Crippen molar-refractivity contribution < 1.29 is 9.18 Å². The minimum atomic E-state index is -0.217. The van der Waals surface area contributed by atoms with Crippen LogP contribution in [0.15, 0.2) is 78.9 Å². The first-order valence-electron chi connectivity index (χ1n) is 11.9. The number of hydrogen-bond donors (Lipinski definition) is 1. The maximum absolute atomic E-state index is 13.8. The molecule has 1 unspecified atom stereocenters. The molecule has 1 amide bonds. The molecule has 0 saturated carbocycles. The Bertz CT molecular complexity index is 951. The van der Waals surface area contributed by atoms with Gasteiger partial charge in [0.05, 0.1) is 6.04 Å². The Morgan fingerprint density at radius 2 is 1.48 bits per heavy atom. The highest BCUT2D eigenvalue weighted by atomic mass is 19.1. The Hall–Kier alpha value is -2.98. The summed E-state index contributed by atoms with van der Waals surface area (Å²) in [5, 5.41) is 2.79. The number of nitrogens with one attached hydrogen (secondary N) is 1. The molecule has 0 heterocycles. The summed E-state index contributed by atoms with van der Waals surface area (Å²) in [4.78, 5) is 13.6. The molecule has 0 aliphatic rings. The zero-order valence-corrected chi connectivity index (χ0v) is 20.4. The van der Waals surface area contributed by atoms with Gasteiger partial charge in [0.25, 0.3) is 0 Å². The highest BCUT2D eigenvalue weighted by Crippen LogP contribution is 2.30. The molecular formula is C29H37FN2O. The summed E-state index contributed by atoms with van der Waals surface area (Å²) in [6.45, 7) is 9.87. The number of aryl methyl sites for hydroxylation is 1. The van der Waals surface area contributed by atoms with Gasteiger partial charge in [0.1, 0.15) is 5.82 Å². The van der Waals surface area contributed by atoms with Crippen molar-refractivity contribution in [1.29, 1.82) is 0 Å². The van der Waals surface area contributed by atoms with E-state index in [0.717, 1.165) is 49.2 Å². The zero-order valence-electron chi connectivity index (χ0n) is 20.4. The van der Waals surface area contributed by atoms with Gasteiger partial charge >= 0.3 is 0 Å². The fourth-order valence-electron chi connectivity index (χ4n) is 3.90. The van der Waals surface area contributed by atoms with Gasteiger partial charge in [-0.15, -0.1) is 0 Å². The minimum absolute atomic E-state index is 0.00183. The molecule has 33 heavy (non-hydrogen) atoms. The third kappa shape index (κ3) is 8.82. The maximum Gasteiger partial charge on any atom is 0.221 e. The summed E-state index contributed by atoms with van der Waals surface area (Å²) in [5.41, 5.74) is 4.23. The van der Waals surface area contributed by atoms with E-state index in [0.29, 0.717) is 0 Å². The molecular weight excluding hydrogens is 411 g/mol. The van der Waals surface area contributed by atoms with Crippen LogP contribution < -0.4 is 5.32 Å². The number of halogens is 1. The van der Waals surface area contributed by atoms with Gasteiger partial charge in [-0.05, 0) is 73.3 Å². The van der Waals surface area contributed by atoms with Gasteiger partial charge in [0, 0.05) is 12.6 Å². The number of anilines is 1. The molecule has 0 aliphatic carbocycles. The molecule has 0 saturated heterocycles. The molecule has 4 heteroatoms. The molecule has 0 radical (unpaired) electrons. The van der Waals surface area contributed by atoms with E-state index in [2.05, 4.69) is 55.3 Å². The molecule has 0 fully saturated rings. The van der Waals surface area contributed by atoms with E-state index in [1.807, 2.05) is 36.4 Å².